The third kappa shape index (κ3) is 5.00. The van der Waals surface area contributed by atoms with Gasteiger partial charge in [-0.1, -0.05) is 42.6 Å². The Bertz CT molecular complexity index is 312. The van der Waals surface area contributed by atoms with Crippen molar-refractivity contribution in [1.29, 1.82) is 0 Å². The summed E-state index contributed by atoms with van der Waals surface area (Å²) in [6, 6.07) is 8.80. The Morgan fingerprint density at radius 2 is 1.82 bits per heavy atom. The fraction of sp³-hybridized carbons (Fsp3) is 0.538. The van der Waals surface area contributed by atoms with E-state index < -0.39 is 0 Å². The molecule has 0 spiro atoms. The van der Waals surface area contributed by atoms with Gasteiger partial charge in [0.25, 0.3) is 0 Å². The minimum absolute atomic E-state index is 0.388. The first-order chi connectivity index (χ1) is 8.21. The molecule has 2 nitrogen and oxygen atoms in total. The van der Waals surface area contributed by atoms with Crippen molar-refractivity contribution in [1.82, 2.24) is 5.43 Å². The molecular weight excluding hydrogens is 296 g/mol. The minimum atomic E-state index is 0.388. The molecule has 0 radical (unpaired) electrons. The van der Waals surface area contributed by atoms with Crippen LogP contribution in [0, 0.1) is 5.92 Å². The zero-order valence-electron chi connectivity index (χ0n) is 10.4. The second kappa shape index (κ2) is 8.14. The number of benzene rings is 1. The number of nitrogens with two attached hydrogens (primary N) is 1. The number of hydrazine groups is 1. The maximum absolute atomic E-state index is 5.64. The van der Waals surface area contributed by atoms with Gasteiger partial charge in [-0.25, -0.2) is 0 Å². The molecule has 1 rings (SSSR count). The monoisotopic (exact) mass is 316 g/mol. The van der Waals surface area contributed by atoms with E-state index in [0.717, 1.165) is 10.2 Å². The number of rotatable bonds is 7. The molecule has 4 heteroatoms. The summed E-state index contributed by atoms with van der Waals surface area (Å²) in [7, 11) is 0. The van der Waals surface area contributed by atoms with E-state index in [1.54, 1.807) is 0 Å². The van der Waals surface area contributed by atoms with Crippen LogP contribution >= 0.6 is 27.7 Å². The summed E-state index contributed by atoms with van der Waals surface area (Å²) in [4.78, 5) is 1.29. The van der Waals surface area contributed by atoms with E-state index >= 15 is 0 Å². The van der Waals surface area contributed by atoms with E-state index in [0.29, 0.717) is 12.0 Å². The van der Waals surface area contributed by atoms with Gasteiger partial charge in [-0.3, -0.25) is 11.3 Å². The van der Waals surface area contributed by atoms with Crippen molar-refractivity contribution < 1.29 is 0 Å². The van der Waals surface area contributed by atoms with Gasteiger partial charge in [0.1, 0.15) is 0 Å². The van der Waals surface area contributed by atoms with E-state index in [1.807, 2.05) is 11.8 Å². The molecule has 1 aromatic carbocycles. The molecule has 0 aliphatic heterocycles. The lowest BCUT2D eigenvalue weighted by Gasteiger charge is -2.24. The lowest BCUT2D eigenvalue weighted by molar-refractivity contribution is 0.364. The number of nitrogens with one attached hydrogen (secondary N) is 1. The second-order valence-electron chi connectivity index (χ2n) is 4.11. The van der Waals surface area contributed by atoms with Crippen LogP contribution in [-0.2, 0) is 0 Å². The largest absolute Gasteiger partial charge is 0.271 e. The number of halogens is 1. The Morgan fingerprint density at radius 3 is 2.29 bits per heavy atom. The lowest BCUT2D eigenvalue weighted by atomic mass is 9.96. The van der Waals surface area contributed by atoms with Crippen molar-refractivity contribution in [3.05, 3.63) is 28.7 Å². The average Bonchev–Trinajstić information content (AvgIpc) is 2.36. The van der Waals surface area contributed by atoms with Crippen LogP contribution in [0.4, 0.5) is 0 Å². The fourth-order valence-corrected chi connectivity index (χ4v) is 3.23. The summed E-state index contributed by atoms with van der Waals surface area (Å²) >= 11 is 5.30. The van der Waals surface area contributed by atoms with Gasteiger partial charge in [0.05, 0.1) is 0 Å². The van der Waals surface area contributed by atoms with Gasteiger partial charge in [0.15, 0.2) is 0 Å². The first-order valence-corrected chi connectivity index (χ1v) is 7.83. The van der Waals surface area contributed by atoms with Crippen LogP contribution in [0.25, 0.3) is 0 Å². The number of hydrogen-bond acceptors (Lipinski definition) is 3. The van der Waals surface area contributed by atoms with Gasteiger partial charge in [0, 0.05) is 21.2 Å². The van der Waals surface area contributed by atoms with Crippen LogP contribution < -0.4 is 11.3 Å². The molecule has 0 saturated heterocycles. The first kappa shape index (κ1) is 15.0. The molecule has 96 valence electrons. The van der Waals surface area contributed by atoms with E-state index in [9.17, 15) is 0 Å². The zero-order valence-corrected chi connectivity index (χ0v) is 12.9. The summed E-state index contributed by atoms with van der Waals surface area (Å²) in [5.74, 6) is 7.32. The van der Waals surface area contributed by atoms with E-state index in [-0.39, 0.29) is 0 Å². The molecule has 0 aromatic heterocycles. The lowest BCUT2D eigenvalue weighted by Crippen LogP contribution is -2.42. The maximum atomic E-state index is 5.64. The van der Waals surface area contributed by atoms with E-state index in [1.165, 1.54) is 17.7 Å². The van der Waals surface area contributed by atoms with Gasteiger partial charge in [0.2, 0.25) is 0 Å². The highest BCUT2D eigenvalue weighted by Gasteiger charge is 2.16. The highest BCUT2D eigenvalue weighted by atomic mass is 79.9. The van der Waals surface area contributed by atoms with Crippen molar-refractivity contribution in [3.63, 3.8) is 0 Å². The molecule has 0 aliphatic carbocycles. The Hall–Kier alpha value is -0.0300. The predicted molar refractivity (Wildman–Crippen MR) is 80.0 cm³/mol. The number of thioether (sulfide) groups is 1. The van der Waals surface area contributed by atoms with Gasteiger partial charge >= 0.3 is 0 Å². The smallest absolute Gasteiger partial charge is 0.0332 e. The maximum Gasteiger partial charge on any atom is 0.0332 e. The Morgan fingerprint density at radius 1 is 1.24 bits per heavy atom. The molecular formula is C13H21BrN2S. The molecule has 17 heavy (non-hydrogen) atoms. The summed E-state index contributed by atoms with van der Waals surface area (Å²) in [5, 5.41) is 0. The van der Waals surface area contributed by atoms with Gasteiger partial charge < -0.3 is 0 Å². The van der Waals surface area contributed by atoms with Crippen molar-refractivity contribution in [2.24, 2.45) is 11.8 Å². The summed E-state index contributed by atoms with van der Waals surface area (Å²) in [5.41, 5.74) is 2.96. The Kier molecular flexibility index (Phi) is 7.19. The van der Waals surface area contributed by atoms with Crippen LogP contribution in [0.1, 0.15) is 26.7 Å². The highest BCUT2D eigenvalue weighted by molar-refractivity contribution is 9.10. The van der Waals surface area contributed by atoms with Crippen LogP contribution in [0.2, 0.25) is 0 Å². The Labute approximate surface area is 117 Å². The molecule has 0 saturated carbocycles. The summed E-state index contributed by atoms with van der Waals surface area (Å²) in [6.45, 7) is 4.45. The molecule has 3 N–H and O–H groups in total. The van der Waals surface area contributed by atoms with Crippen molar-refractivity contribution in [2.75, 3.05) is 5.75 Å². The van der Waals surface area contributed by atoms with Crippen LogP contribution in [-0.4, -0.2) is 11.8 Å². The first-order valence-electron chi connectivity index (χ1n) is 6.05. The third-order valence-electron chi connectivity index (χ3n) is 3.08. The standard InChI is InChI=1S/C13H21BrN2S/c1-3-10(4-2)13(16-15)9-17-12-7-5-11(14)6-8-12/h5-8,10,13,16H,3-4,9,15H2,1-2H3. The van der Waals surface area contributed by atoms with Crippen LogP contribution in [0.5, 0.6) is 0 Å². The quantitative estimate of drug-likeness (QED) is 0.456. The summed E-state index contributed by atoms with van der Waals surface area (Å²) in [6.07, 6.45) is 2.35. The molecule has 0 aliphatic rings. The molecule has 0 heterocycles. The van der Waals surface area contributed by atoms with E-state index in [2.05, 4.69) is 59.5 Å². The van der Waals surface area contributed by atoms with Gasteiger partial charge in [-0.15, -0.1) is 11.8 Å². The topological polar surface area (TPSA) is 38.0 Å². The van der Waals surface area contributed by atoms with Gasteiger partial charge in [-0.05, 0) is 30.2 Å². The molecule has 0 amide bonds. The van der Waals surface area contributed by atoms with E-state index in [4.69, 9.17) is 5.84 Å². The second-order valence-corrected chi connectivity index (χ2v) is 6.12. The molecule has 1 aromatic rings. The molecule has 0 bridgehead atoms. The SMILES string of the molecule is CCC(CC)C(CSc1ccc(Br)cc1)NN. The Balaban J connectivity index is 2.49. The van der Waals surface area contributed by atoms with Crippen molar-refractivity contribution in [2.45, 2.75) is 37.6 Å². The zero-order chi connectivity index (χ0) is 12.7. The van der Waals surface area contributed by atoms with Crippen LogP contribution in [0.3, 0.4) is 0 Å². The summed E-state index contributed by atoms with van der Waals surface area (Å²) < 4.78 is 1.12. The molecule has 1 unspecified atom stereocenters. The average molecular weight is 317 g/mol. The van der Waals surface area contributed by atoms with Crippen molar-refractivity contribution >= 4 is 27.7 Å². The predicted octanol–water partition coefficient (Wildman–Crippen LogP) is 3.81. The van der Waals surface area contributed by atoms with Gasteiger partial charge in [-0.2, -0.15) is 0 Å². The molecule has 0 fully saturated rings. The minimum Gasteiger partial charge on any atom is -0.271 e. The third-order valence-corrected chi connectivity index (χ3v) is 4.74. The van der Waals surface area contributed by atoms with Crippen LogP contribution in [0.15, 0.2) is 33.6 Å². The number of hydrogen-bond donors (Lipinski definition) is 2. The highest BCUT2D eigenvalue weighted by Crippen LogP contribution is 2.24. The normalized spacial score (nSPS) is 13.0. The fourth-order valence-electron chi connectivity index (χ4n) is 1.89. The molecule has 1 atom stereocenters. The van der Waals surface area contributed by atoms with Crippen molar-refractivity contribution in [3.8, 4) is 0 Å².